The maximum Gasteiger partial charge on any atom is 0.267 e. The van der Waals surface area contributed by atoms with E-state index in [4.69, 9.17) is 0 Å². The van der Waals surface area contributed by atoms with Crippen molar-refractivity contribution in [3.63, 3.8) is 0 Å². The van der Waals surface area contributed by atoms with Gasteiger partial charge in [0.05, 0.1) is 17.9 Å². The summed E-state index contributed by atoms with van der Waals surface area (Å²) in [6.45, 7) is 4.50. The second-order valence-corrected chi connectivity index (χ2v) is 16.3. The molecule has 0 aromatic carbocycles. The van der Waals surface area contributed by atoms with Gasteiger partial charge in [-0.25, -0.2) is 0 Å². The Hall–Kier alpha value is -0.960. The fourth-order valence-electron chi connectivity index (χ4n) is 6.57. The summed E-state index contributed by atoms with van der Waals surface area (Å²) in [7, 11) is -4.43. The summed E-state index contributed by atoms with van der Waals surface area (Å²) < 4.78 is 32.5. The molecule has 0 rings (SSSR count). The highest BCUT2D eigenvalue weighted by atomic mass is 32.2. The first-order chi connectivity index (χ1) is 23.7. The lowest BCUT2D eigenvalue weighted by atomic mass is 10.0. The van der Waals surface area contributed by atoms with Gasteiger partial charge in [-0.3, -0.25) is 9.35 Å². The summed E-state index contributed by atoms with van der Waals surface area (Å²) in [5.74, 6) is -1.53. The van der Waals surface area contributed by atoms with E-state index in [0.717, 1.165) is 38.5 Å². The average molecular weight is 716 g/mol. The average Bonchev–Trinajstić information content (AvgIpc) is 3.06. The molecule has 3 unspecified atom stereocenters. The maximum atomic E-state index is 12.5. The Kier molecular flexibility index (Phi) is 34.7. The summed E-state index contributed by atoms with van der Waals surface area (Å²) in [6, 6.07) is -1.23. The summed E-state index contributed by atoms with van der Waals surface area (Å²) >= 11 is 0. The second-order valence-electron chi connectivity index (χ2n) is 14.8. The van der Waals surface area contributed by atoms with E-state index >= 15 is 0 Å². The van der Waals surface area contributed by atoms with Gasteiger partial charge >= 0.3 is 0 Å². The molecule has 0 saturated carbocycles. The van der Waals surface area contributed by atoms with Crippen LogP contribution in [0.2, 0.25) is 0 Å². The van der Waals surface area contributed by atoms with Crippen molar-refractivity contribution in [3.05, 3.63) is 12.2 Å². The van der Waals surface area contributed by atoms with Crippen LogP contribution in [0.15, 0.2) is 12.2 Å². The van der Waals surface area contributed by atoms with Crippen molar-refractivity contribution in [2.75, 3.05) is 5.75 Å². The number of rotatable bonds is 38. The third kappa shape index (κ3) is 35.2. The van der Waals surface area contributed by atoms with E-state index in [0.29, 0.717) is 6.42 Å². The quantitative estimate of drug-likeness (QED) is 0.0286. The Morgan fingerprint density at radius 2 is 0.878 bits per heavy atom. The van der Waals surface area contributed by atoms with Crippen LogP contribution in [0.1, 0.15) is 219 Å². The summed E-state index contributed by atoms with van der Waals surface area (Å²) in [5, 5.41) is 23.4. The Bertz CT molecular complexity index is 849. The van der Waals surface area contributed by atoms with Crippen molar-refractivity contribution >= 4 is 16.0 Å². The molecule has 0 aromatic heterocycles. The van der Waals surface area contributed by atoms with E-state index in [1.54, 1.807) is 0 Å². The van der Waals surface area contributed by atoms with Gasteiger partial charge in [-0.05, 0) is 19.3 Å². The van der Waals surface area contributed by atoms with Gasteiger partial charge < -0.3 is 15.5 Å². The largest absolute Gasteiger partial charge is 0.387 e. The van der Waals surface area contributed by atoms with E-state index in [1.807, 2.05) is 6.08 Å². The van der Waals surface area contributed by atoms with Gasteiger partial charge in [0.2, 0.25) is 5.91 Å². The zero-order valence-electron chi connectivity index (χ0n) is 32.2. The molecule has 49 heavy (non-hydrogen) atoms. The highest BCUT2D eigenvalue weighted by Crippen LogP contribution is 2.16. The van der Waals surface area contributed by atoms with Crippen LogP contribution in [0.3, 0.4) is 0 Å². The van der Waals surface area contributed by atoms with Crippen LogP contribution >= 0.6 is 0 Å². The van der Waals surface area contributed by atoms with Crippen LogP contribution in [0.5, 0.6) is 0 Å². The molecule has 0 aliphatic rings. The van der Waals surface area contributed by atoms with E-state index in [9.17, 15) is 28.0 Å². The predicted molar refractivity (Wildman–Crippen MR) is 209 cm³/mol. The first-order valence-electron chi connectivity index (χ1n) is 21.0. The van der Waals surface area contributed by atoms with Gasteiger partial charge in [-0.2, -0.15) is 8.42 Å². The number of unbranched alkanes of at least 4 members (excludes halogenated alkanes) is 29. The number of nitrogens with one attached hydrogen (secondary N) is 1. The van der Waals surface area contributed by atoms with Crippen LogP contribution in [0, 0.1) is 0 Å². The predicted octanol–water partition coefficient (Wildman–Crippen LogP) is 11.2. The third-order valence-corrected chi connectivity index (χ3v) is 10.6. The standard InChI is InChI=1S/C41H81NO6S/c1-3-5-7-9-11-13-15-16-17-18-19-20-21-22-23-24-26-27-29-31-33-35-39(43)38(37-49(46,47)48)42-41(45)40(44)36-34-32-30-28-25-14-12-10-8-6-4-2/h33,35,38-40,43-44H,3-32,34,36-37H2,1-2H3,(H,42,45)(H,46,47,48)/b35-33+. The molecule has 0 heterocycles. The zero-order chi connectivity index (χ0) is 36.3. The van der Waals surface area contributed by atoms with Crippen LogP contribution < -0.4 is 5.32 Å². The third-order valence-electron chi connectivity index (χ3n) is 9.82. The van der Waals surface area contributed by atoms with Gasteiger partial charge in [0, 0.05) is 0 Å². The smallest absolute Gasteiger partial charge is 0.267 e. The molecular formula is C41H81NO6S. The minimum absolute atomic E-state index is 0.285. The Balaban J connectivity index is 3.96. The minimum Gasteiger partial charge on any atom is -0.387 e. The SMILES string of the molecule is CCCCCCCCCCCCCCCCCCCCC/C=C/C(O)C(CS(=O)(=O)O)NC(=O)C(O)CCCCCCCCCCCCC. The first-order valence-corrected chi connectivity index (χ1v) is 22.6. The molecule has 0 spiro atoms. The summed E-state index contributed by atoms with van der Waals surface area (Å²) in [6.07, 6.45) is 39.9. The van der Waals surface area contributed by atoms with E-state index in [2.05, 4.69) is 19.2 Å². The van der Waals surface area contributed by atoms with Crippen molar-refractivity contribution < 1.29 is 28.0 Å². The Labute approximate surface area is 304 Å². The molecule has 0 fully saturated rings. The van der Waals surface area contributed by atoms with Gasteiger partial charge in [0.25, 0.3) is 10.1 Å². The lowest BCUT2D eigenvalue weighted by molar-refractivity contribution is -0.130. The highest BCUT2D eigenvalue weighted by Gasteiger charge is 2.27. The monoisotopic (exact) mass is 716 g/mol. The molecule has 0 saturated heterocycles. The molecule has 0 aliphatic heterocycles. The fourth-order valence-corrected chi connectivity index (χ4v) is 7.31. The van der Waals surface area contributed by atoms with Crippen molar-refractivity contribution in [1.82, 2.24) is 5.32 Å². The van der Waals surface area contributed by atoms with Crippen LogP contribution in [-0.2, 0) is 14.9 Å². The topological polar surface area (TPSA) is 124 Å². The summed E-state index contributed by atoms with van der Waals surface area (Å²) in [5.41, 5.74) is 0. The van der Waals surface area contributed by atoms with Crippen molar-refractivity contribution in [2.45, 2.75) is 238 Å². The number of carbonyl (C=O) groups is 1. The first kappa shape index (κ1) is 48.0. The molecule has 4 N–H and O–H groups in total. The van der Waals surface area contributed by atoms with E-state index in [1.165, 1.54) is 160 Å². The molecule has 3 atom stereocenters. The number of aliphatic hydroxyl groups is 2. The second kappa shape index (κ2) is 35.4. The van der Waals surface area contributed by atoms with Gasteiger partial charge in [-0.15, -0.1) is 0 Å². The number of aliphatic hydroxyl groups excluding tert-OH is 2. The van der Waals surface area contributed by atoms with Crippen molar-refractivity contribution in [2.24, 2.45) is 0 Å². The minimum atomic E-state index is -4.43. The lowest BCUT2D eigenvalue weighted by Crippen LogP contribution is -2.50. The van der Waals surface area contributed by atoms with Crippen LogP contribution in [0.4, 0.5) is 0 Å². The van der Waals surface area contributed by atoms with Gasteiger partial charge in [0.15, 0.2) is 0 Å². The Morgan fingerprint density at radius 3 is 1.22 bits per heavy atom. The lowest BCUT2D eigenvalue weighted by Gasteiger charge is -2.22. The zero-order valence-corrected chi connectivity index (χ0v) is 33.0. The molecule has 0 aliphatic carbocycles. The van der Waals surface area contributed by atoms with E-state index < -0.39 is 40.0 Å². The summed E-state index contributed by atoms with van der Waals surface area (Å²) in [4.78, 5) is 12.5. The highest BCUT2D eigenvalue weighted by molar-refractivity contribution is 7.85. The van der Waals surface area contributed by atoms with Crippen molar-refractivity contribution in [1.29, 1.82) is 0 Å². The van der Waals surface area contributed by atoms with Crippen LogP contribution in [0.25, 0.3) is 0 Å². The van der Waals surface area contributed by atoms with Crippen LogP contribution in [-0.4, -0.2) is 53.1 Å². The van der Waals surface area contributed by atoms with Gasteiger partial charge in [-0.1, -0.05) is 212 Å². The number of allylic oxidation sites excluding steroid dienone is 1. The number of amides is 1. The molecule has 0 bridgehead atoms. The number of hydrogen-bond donors (Lipinski definition) is 4. The van der Waals surface area contributed by atoms with E-state index in [-0.39, 0.29) is 6.42 Å². The number of hydrogen-bond acceptors (Lipinski definition) is 5. The Morgan fingerprint density at radius 1 is 0.551 bits per heavy atom. The van der Waals surface area contributed by atoms with Gasteiger partial charge in [0.1, 0.15) is 6.10 Å². The molecule has 0 radical (unpaired) electrons. The molecular weight excluding hydrogens is 635 g/mol. The molecule has 1 amide bonds. The molecule has 0 aromatic rings. The normalized spacial score (nSPS) is 14.0. The maximum absolute atomic E-state index is 12.5. The van der Waals surface area contributed by atoms with Crippen molar-refractivity contribution in [3.8, 4) is 0 Å². The molecule has 292 valence electrons. The number of carbonyl (C=O) groups excluding carboxylic acids is 1. The molecule has 8 heteroatoms. The molecule has 7 nitrogen and oxygen atoms in total. The fraction of sp³-hybridized carbons (Fsp3) is 0.927.